The minimum atomic E-state index is -0.505. The number of aliphatic hydroxyl groups is 1. The third-order valence-electron chi connectivity index (χ3n) is 4.50. The average molecular weight is 275 g/mol. The van der Waals surface area contributed by atoms with Crippen molar-refractivity contribution in [2.45, 2.75) is 51.0 Å². The monoisotopic (exact) mass is 275 g/mol. The van der Waals surface area contributed by atoms with Gasteiger partial charge in [0, 0.05) is 12.6 Å². The van der Waals surface area contributed by atoms with E-state index < -0.39 is 5.41 Å². The quantitative estimate of drug-likeness (QED) is 0.887. The van der Waals surface area contributed by atoms with Gasteiger partial charge in [0.25, 0.3) is 0 Å². The number of hydrogen-bond acceptors (Lipinski definition) is 2. The summed E-state index contributed by atoms with van der Waals surface area (Å²) in [5.74, 6) is 0.515. The molecular weight excluding hydrogens is 250 g/mol. The summed E-state index contributed by atoms with van der Waals surface area (Å²) in [6, 6.07) is 10.2. The van der Waals surface area contributed by atoms with Crippen LogP contribution in [0.15, 0.2) is 30.3 Å². The molecule has 0 unspecified atom stereocenters. The van der Waals surface area contributed by atoms with E-state index in [0.717, 1.165) is 31.2 Å². The van der Waals surface area contributed by atoms with Crippen LogP contribution in [0.4, 0.5) is 0 Å². The van der Waals surface area contributed by atoms with Crippen LogP contribution < -0.4 is 5.32 Å². The molecule has 0 heterocycles. The van der Waals surface area contributed by atoms with Crippen LogP contribution in [-0.4, -0.2) is 23.7 Å². The molecule has 2 N–H and O–H groups in total. The van der Waals surface area contributed by atoms with Gasteiger partial charge in [-0.15, -0.1) is 0 Å². The Bertz CT molecular complexity index is 434. The number of rotatable bonds is 4. The Morgan fingerprint density at radius 3 is 2.35 bits per heavy atom. The summed E-state index contributed by atoms with van der Waals surface area (Å²) in [5.41, 5.74) is 0.538. The molecule has 1 aromatic rings. The molecule has 1 aliphatic rings. The highest BCUT2D eigenvalue weighted by Gasteiger charge is 2.32. The Labute approximate surface area is 121 Å². The van der Waals surface area contributed by atoms with Crippen LogP contribution in [0.1, 0.15) is 45.1 Å². The van der Waals surface area contributed by atoms with E-state index in [1.54, 1.807) is 0 Å². The smallest absolute Gasteiger partial charge is 0.230 e. The van der Waals surface area contributed by atoms with Crippen molar-refractivity contribution in [2.75, 3.05) is 6.61 Å². The Hall–Kier alpha value is -1.35. The largest absolute Gasteiger partial charge is 0.396 e. The van der Waals surface area contributed by atoms with Crippen LogP contribution in [0.3, 0.4) is 0 Å². The van der Waals surface area contributed by atoms with Crippen LogP contribution in [0.5, 0.6) is 0 Å². The Kier molecular flexibility index (Phi) is 4.81. The van der Waals surface area contributed by atoms with Gasteiger partial charge in [0.2, 0.25) is 5.91 Å². The van der Waals surface area contributed by atoms with Gasteiger partial charge in [0.05, 0.1) is 5.41 Å². The summed E-state index contributed by atoms with van der Waals surface area (Å²) in [5, 5.41) is 12.3. The molecule has 0 atom stereocenters. The normalized spacial score (nSPS) is 23.4. The van der Waals surface area contributed by atoms with E-state index in [4.69, 9.17) is 5.11 Å². The molecule has 1 amide bonds. The molecule has 2 rings (SSSR count). The summed E-state index contributed by atoms with van der Waals surface area (Å²) < 4.78 is 0. The Morgan fingerprint density at radius 1 is 1.20 bits per heavy atom. The predicted molar refractivity (Wildman–Crippen MR) is 80.4 cm³/mol. The third-order valence-corrected chi connectivity index (χ3v) is 4.50. The topological polar surface area (TPSA) is 49.3 Å². The van der Waals surface area contributed by atoms with Crippen molar-refractivity contribution < 1.29 is 9.90 Å². The highest BCUT2D eigenvalue weighted by molar-refractivity contribution is 5.87. The number of carbonyl (C=O) groups excluding carboxylic acids is 1. The van der Waals surface area contributed by atoms with E-state index in [9.17, 15) is 4.79 Å². The number of amides is 1. The van der Waals surface area contributed by atoms with Crippen LogP contribution >= 0.6 is 0 Å². The molecule has 0 bridgehead atoms. The van der Waals surface area contributed by atoms with Crippen molar-refractivity contribution in [3.05, 3.63) is 35.9 Å². The van der Waals surface area contributed by atoms with Crippen molar-refractivity contribution in [1.82, 2.24) is 5.32 Å². The van der Waals surface area contributed by atoms with E-state index in [-0.39, 0.29) is 18.6 Å². The van der Waals surface area contributed by atoms with Gasteiger partial charge in [-0.1, -0.05) is 30.3 Å². The van der Waals surface area contributed by atoms with E-state index in [0.29, 0.717) is 5.92 Å². The summed E-state index contributed by atoms with van der Waals surface area (Å²) >= 11 is 0. The molecule has 0 radical (unpaired) electrons. The summed E-state index contributed by atoms with van der Waals surface area (Å²) in [4.78, 5) is 12.5. The van der Waals surface area contributed by atoms with Crippen LogP contribution in [0.25, 0.3) is 0 Å². The minimum Gasteiger partial charge on any atom is -0.396 e. The zero-order valence-electron chi connectivity index (χ0n) is 12.4. The molecule has 1 aromatic carbocycles. The first-order chi connectivity index (χ1) is 9.54. The number of benzene rings is 1. The van der Waals surface area contributed by atoms with E-state index in [2.05, 4.69) is 5.32 Å². The third kappa shape index (κ3) is 3.40. The second-order valence-corrected chi connectivity index (χ2v) is 6.36. The van der Waals surface area contributed by atoms with Crippen LogP contribution in [0, 0.1) is 5.92 Å². The first kappa shape index (κ1) is 15.0. The molecule has 110 valence electrons. The van der Waals surface area contributed by atoms with Crippen LogP contribution in [-0.2, 0) is 10.2 Å². The molecule has 0 aromatic heterocycles. The summed E-state index contributed by atoms with van der Waals surface area (Å²) in [6.07, 6.45) is 3.96. The van der Waals surface area contributed by atoms with E-state index in [1.807, 2.05) is 44.2 Å². The molecule has 0 saturated heterocycles. The molecule has 1 saturated carbocycles. The van der Waals surface area contributed by atoms with Crippen molar-refractivity contribution in [2.24, 2.45) is 5.92 Å². The lowest BCUT2D eigenvalue weighted by Gasteiger charge is -2.32. The first-order valence-electron chi connectivity index (χ1n) is 7.51. The maximum atomic E-state index is 12.5. The SMILES string of the molecule is CC(C)(C(=O)NC1CCC(CO)CC1)c1ccccc1. The fraction of sp³-hybridized carbons (Fsp3) is 0.588. The van der Waals surface area contributed by atoms with Gasteiger partial charge in [0.1, 0.15) is 0 Å². The molecular formula is C17H25NO2. The zero-order valence-corrected chi connectivity index (χ0v) is 12.4. The van der Waals surface area contributed by atoms with Crippen molar-refractivity contribution in [3.8, 4) is 0 Å². The van der Waals surface area contributed by atoms with Crippen LogP contribution in [0.2, 0.25) is 0 Å². The summed E-state index contributed by atoms with van der Waals surface area (Å²) in [6.45, 7) is 4.21. The van der Waals surface area contributed by atoms with Crippen molar-refractivity contribution >= 4 is 5.91 Å². The van der Waals surface area contributed by atoms with Gasteiger partial charge in [-0.2, -0.15) is 0 Å². The minimum absolute atomic E-state index is 0.0937. The second-order valence-electron chi connectivity index (χ2n) is 6.36. The lowest BCUT2D eigenvalue weighted by Crippen LogP contribution is -2.46. The van der Waals surface area contributed by atoms with Gasteiger partial charge in [-0.3, -0.25) is 4.79 Å². The molecule has 0 aliphatic heterocycles. The molecule has 1 aliphatic carbocycles. The van der Waals surface area contributed by atoms with Crippen molar-refractivity contribution in [1.29, 1.82) is 0 Å². The lowest BCUT2D eigenvalue weighted by atomic mass is 9.82. The van der Waals surface area contributed by atoms with Gasteiger partial charge in [-0.25, -0.2) is 0 Å². The second kappa shape index (κ2) is 6.40. The average Bonchev–Trinajstić information content (AvgIpc) is 2.49. The van der Waals surface area contributed by atoms with Gasteiger partial charge >= 0.3 is 0 Å². The molecule has 3 heteroatoms. The molecule has 20 heavy (non-hydrogen) atoms. The number of aliphatic hydroxyl groups excluding tert-OH is 1. The maximum absolute atomic E-state index is 12.5. The number of nitrogens with one attached hydrogen (secondary N) is 1. The standard InChI is InChI=1S/C17H25NO2/c1-17(2,14-6-4-3-5-7-14)16(20)18-15-10-8-13(12-19)9-11-15/h3-7,13,15,19H,8-12H2,1-2H3,(H,18,20). The fourth-order valence-electron chi connectivity index (χ4n) is 2.84. The predicted octanol–water partition coefficient (Wildman–Crippen LogP) is 2.63. The molecule has 1 fully saturated rings. The van der Waals surface area contributed by atoms with Crippen molar-refractivity contribution in [3.63, 3.8) is 0 Å². The van der Waals surface area contributed by atoms with E-state index in [1.165, 1.54) is 0 Å². The van der Waals surface area contributed by atoms with Gasteiger partial charge in [0.15, 0.2) is 0 Å². The molecule has 3 nitrogen and oxygen atoms in total. The van der Waals surface area contributed by atoms with Gasteiger partial charge < -0.3 is 10.4 Å². The highest BCUT2D eigenvalue weighted by atomic mass is 16.3. The Morgan fingerprint density at radius 2 is 1.80 bits per heavy atom. The molecule has 0 spiro atoms. The summed E-state index contributed by atoms with van der Waals surface area (Å²) in [7, 11) is 0. The van der Waals surface area contributed by atoms with E-state index >= 15 is 0 Å². The number of hydrogen-bond donors (Lipinski definition) is 2. The first-order valence-corrected chi connectivity index (χ1v) is 7.51. The lowest BCUT2D eigenvalue weighted by molar-refractivity contribution is -0.126. The zero-order chi connectivity index (χ0) is 14.6. The maximum Gasteiger partial charge on any atom is 0.230 e. The Balaban J connectivity index is 1.95. The fourth-order valence-corrected chi connectivity index (χ4v) is 2.84. The van der Waals surface area contributed by atoms with Gasteiger partial charge in [-0.05, 0) is 51.0 Å². The highest BCUT2D eigenvalue weighted by Crippen LogP contribution is 2.27. The number of carbonyl (C=O) groups is 1.